The van der Waals surface area contributed by atoms with Gasteiger partial charge in [-0.1, -0.05) is 12.2 Å². The van der Waals surface area contributed by atoms with Gasteiger partial charge in [-0.3, -0.25) is 4.79 Å². The van der Waals surface area contributed by atoms with Gasteiger partial charge in [0.05, 0.1) is 5.69 Å². The summed E-state index contributed by atoms with van der Waals surface area (Å²) in [6.45, 7) is 3.61. The number of rotatable bonds is 4. The van der Waals surface area contributed by atoms with Crippen molar-refractivity contribution >= 4 is 11.7 Å². The molecule has 0 radical (unpaired) electrons. The lowest BCUT2D eigenvalue weighted by Crippen LogP contribution is -2.42. The second-order valence-corrected chi connectivity index (χ2v) is 6.33. The van der Waals surface area contributed by atoms with Crippen molar-refractivity contribution in [1.29, 1.82) is 0 Å². The molecule has 1 aromatic rings. The molecule has 1 aromatic heterocycles. The Morgan fingerprint density at radius 1 is 1.27 bits per heavy atom. The number of anilines is 1. The molecule has 5 nitrogen and oxygen atoms in total. The Balaban J connectivity index is 1.44. The lowest BCUT2D eigenvalue weighted by molar-refractivity contribution is -0.132. The zero-order chi connectivity index (χ0) is 15.4. The quantitative estimate of drug-likeness (QED) is 0.868. The molecule has 1 amide bonds. The van der Waals surface area contributed by atoms with E-state index in [1.807, 2.05) is 24.0 Å². The summed E-state index contributed by atoms with van der Waals surface area (Å²) in [5.41, 5.74) is 0.923. The summed E-state index contributed by atoms with van der Waals surface area (Å²) in [5, 5.41) is 11.6. The first-order chi connectivity index (χ1) is 10.7. The van der Waals surface area contributed by atoms with E-state index >= 15 is 0 Å². The molecule has 0 spiro atoms. The molecule has 3 rings (SSSR count). The van der Waals surface area contributed by atoms with Crippen molar-refractivity contribution in [1.82, 2.24) is 15.1 Å². The standard InChI is InChI=1S/C17H24N4O/c1-13-6-7-16(20-19-13)18-15-8-10-21(11-9-15)17(22)12-14-4-2-3-5-14/h2,4,6-7,14-15H,3,5,8-12H2,1H3,(H,18,20)/t14-/m1/s1. The average molecular weight is 300 g/mol. The van der Waals surface area contributed by atoms with Crippen molar-refractivity contribution in [2.75, 3.05) is 18.4 Å². The van der Waals surface area contributed by atoms with Crippen LogP contribution in [0.5, 0.6) is 0 Å². The molecule has 1 atom stereocenters. The summed E-state index contributed by atoms with van der Waals surface area (Å²) in [4.78, 5) is 14.3. The summed E-state index contributed by atoms with van der Waals surface area (Å²) in [7, 11) is 0. The Hall–Kier alpha value is -1.91. The molecule has 22 heavy (non-hydrogen) atoms. The van der Waals surface area contributed by atoms with Crippen LogP contribution in [-0.2, 0) is 4.79 Å². The first kappa shape index (κ1) is 15.0. The molecular formula is C17H24N4O. The zero-order valence-corrected chi connectivity index (χ0v) is 13.2. The first-order valence-corrected chi connectivity index (χ1v) is 8.22. The minimum absolute atomic E-state index is 0.310. The number of nitrogens with zero attached hydrogens (tertiary/aromatic N) is 3. The number of aryl methyl sites for hydroxylation is 1. The van der Waals surface area contributed by atoms with Crippen LogP contribution in [0.25, 0.3) is 0 Å². The van der Waals surface area contributed by atoms with Gasteiger partial charge in [-0.25, -0.2) is 0 Å². The molecule has 1 N–H and O–H groups in total. The molecule has 1 aliphatic heterocycles. The van der Waals surface area contributed by atoms with Crippen molar-refractivity contribution in [2.45, 2.75) is 45.1 Å². The molecule has 2 heterocycles. The molecule has 0 aromatic carbocycles. The molecule has 1 saturated heterocycles. The highest BCUT2D eigenvalue weighted by Gasteiger charge is 2.24. The molecule has 5 heteroatoms. The van der Waals surface area contributed by atoms with Gasteiger partial charge in [-0.05, 0) is 50.7 Å². The molecular weight excluding hydrogens is 276 g/mol. The second kappa shape index (κ2) is 6.90. The van der Waals surface area contributed by atoms with Crippen LogP contribution in [-0.4, -0.2) is 40.1 Å². The Morgan fingerprint density at radius 2 is 2.09 bits per heavy atom. The highest BCUT2D eigenvalue weighted by Crippen LogP contribution is 2.23. The van der Waals surface area contributed by atoms with Gasteiger partial charge in [0.25, 0.3) is 0 Å². The number of carbonyl (C=O) groups is 1. The number of piperidine rings is 1. The third-order valence-corrected chi connectivity index (χ3v) is 4.55. The van der Waals surface area contributed by atoms with Crippen LogP contribution in [0.1, 0.15) is 37.8 Å². The van der Waals surface area contributed by atoms with Crippen molar-refractivity contribution in [3.05, 3.63) is 30.0 Å². The third kappa shape index (κ3) is 3.84. The van der Waals surface area contributed by atoms with Gasteiger partial charge in [-0.2, -0.15) is 5.10 Å². The molecule has 0 bridgehead atoms. The lowest BCUT2D eigenvalue weighted by atomic mass is 10.0. The van der Waals surface area contributed by atoms with Crippen molar-refractivity contribution in [3.63, 3.8) is 0 Å². The molecule has 2 aliphatic rings. The van der Waals surface area contributed by atoms with E-state index in [1.54, 1.807) is 0 Å². The van der Waals surface area contributed by atoms with Gasteiger partial charge in [0.2, 0.25) is 5.91 Å². The SMILES string of the molecule is Cc1ccc(NC2CCN(C(=O)C[C@@H]3C=CCC3)CC2)nn1. The van der Waals surface area contributed by atoms with Gasteiger partial charge in [-0.15, -0.1) is 5.10 Å². The van der Waals surface area contributed by atoms with Gasteiger partial charge in [0.1, 0.15) is 5.82 Å². The molecule has 0 unspecified atom stereocenters. The normalized spacial score (nSPS) is 22.0. The van der Waals surface area contributed by atoms with Crippen LogP contribution >= 0.6 is 0 Å². The van der Waals surface area contributed by atoms with Crippen LogP contribution < -0.4 is 5.32 Å². The monoisotopic (exact) mass is 300 g/mol. The van der Waals surface area contributed by atoms with E-state index in [-0.39, 0.29) is 0 Å². The number of nitrogens with one attached hydrogen (secondary N) is 1. The summed E-state index contributed by atoms with van der Waals surface area (Å²) in [6.07, 6.45) is 9.28. The number of amides is 1. The van der Waals surface area contributed by atoms with Crippen LogP contribution in [0, 0.1) is 12.8 Å². The minimum Gasteiger partial charge on any atom is -0.366 e. The zero-order valence-electron chi connectivity index (χ0n) is 13.2. The molecule has 118 valence electrons. The Morgan fingerprint density at radius 3 is 2.73 bits per heavy atom. The smallest absolute Gasteiger partial charge is 0.223 e. The van der Waals surface area contributed by atoms with Crippen LogP contribution in [0.3, 0.4) is 0 Å². The fraction of sp³-hybridized carbons (Fsp3) is 0.588. The highest BCUT2D eigenvalue weighted by atomic mass is 16.2. The fourth-order valence-electron chi connectivity index (χ4n) is 3.18. The average Bonchev–Trinajstić information content (AvgIpc) is 3.03. The summed E-state index contributed by atoms with van der Waals surface area (Å²) >= 11 is 0. The van der Waals surface area contributed by atoms with Crippen molar-refractivity contribution < 1.29 is 4.79 Å². The number of hydrogen-bond acceptors (Lipinski definition) is 4. The lowest BCUT2D eigenvalue weighted by Gasteiger charge is -2.33. The van der Waals surface area contributed by atoms with E-state index in [1.165, 1.54) is 0 Å². The molecule has 1 aliphatic carbocycles. The Labute approximate surface area is 131 Å². The van der Waals surface area contributed by atoms with E-state index in [2.05, 4.69) is 27.7 Å². The van der Waals surface area contributed by atoms with Gasteiger partial charge in [0.15, 0.2) is 0 Å². The van der Waals surface area contributed by atoms with Crippen LogP contribution in [0.4, 0.5) is 5.82 Å². The van der Waals surface area contributed by atoms with E-state index in [4.69, 9.17) is 0 Å². The van der Waals surface area contributed by atoms with E-state index in [0.717, 1.165) is 50.3 Å². The van der Waals surface area contributed by atoms with Crippen LogP contribution in [0.2, 0.25) is 0 Å². The Kier molecular flexibility index (Phi) is 4.71. The number of carbonyl (C=O) groups excluding carboxylic acids is 1. The van der Waals surface area contributed by atoms with Gasteiger partial charge < -0.3 is 10.2 Å². The maximum absolute atomic E-state index is 12.3. The van der Waals surface area contributed by atoms with Crippen molar-refractivity contribution in [2.24, 2.45) is 5.92 Å². The number of hydrogen-bond donors (Lipinski definition) is 1. The summed E-state index contributed by atoms with van der Waals surface area (Å²) in [5.74, 6) is 1.60. The second-order valence-electron chi connectivity index (χ2n) is 6.33. The predicted octanol–water partition coefficient (Wildman–Crippen LogP) is 2.54. The molecule has 1 fully saturated rings. The van der Waals surface area contributed by atoms with E-state index < -0.39 is 0 Å². The number of aromatic nitrogens is 2. The third-order valence-electron chi connectivity index (χ3n) is 4.55. The minimum atomic E-state index is 0.310. The summed E-state index contributed by atoms with van der Waals surface area (Å²) in [6, 6.07) is 4.31. The summed E-state index contributed by atoms with van der Waals surface area (Å²) < 4.78 is 0. The predicted molar refractivity (Wildman–Crippen MR) is 86.5 cm³/mol. The topological polar surface area (TPSA) is 58.1 Å². The maximum Gasteiger partial charge on any atom is 0.223 e. The van der Waals surface area contributed by atoms with Gasteiger partial charge in [0, 0.05) is 25.6 Å². The van der Waals surface area contributed by atoms with E-state index in [0.29, 0.717) is 24.3 Å². The van der Waals surface area contributed by atoms with Crippen molar-refractivity contribution in [3.8, 4) is 0 Å². The van der Waals surface area contributed by atoms with E-state index in [9.17, 15) is 4.79 Å². The highest BCUT2D eigenvalue weighted by molar-refractivity contribution is 5.76. The van der Waals surface area contributed by atoms with Gasteiger partial charge >= 0.3 is 0 Å². The molecule has 0 saturated carbocycles. The number of allylic oxidation sites excluding steroid dienone is 2. The largest absolute Gasteiger partial charge is 0.366 e. The first-order valence-electron chi connectivity index (χ1n) is 8.22. The maximum atomic E-state index is 12.3. The fourth-order valence-corrected chi connectivity index (χ4v) is 3.18. The Bertz CT molecular complexity index is 532. The number of likely N-dealkylation sites (tertiary alicyclic amines) is 1. The van der Waals surface area contributed by atoms with Crippen LogP contribution in [0.15, 0.2) is 24.3 Å².